The monoisotopic (exact) mass is 304 g/mol. The van der Waals surface area contributed by atoms with Gasteiger partial charge in [-0.3, -0.25) is 0 Å². The van der Waals surface area contributed by atoms with Crippen molar-refractivity contribution in [1.29, 1.82) is 0 Å². The summed E-state index contributed by atoms with van der Waals surface area (Å²) in [5.41, 5.74) is 3.29. The highest BCUT2D eigenvalue weighted by Crippen LogP contribution is 2.22. The molecule has 0 unspecified atom stereocenters. The van der Waals surface area contributed by atoms with Crippen LogP contribution in [0.25, 0.3) is 11.0 Å². The van der Waals surface area contributed by atoms with Gasteiger partial charge in [0.05, 0.1) is 16.9 Å². The molecule has 2 aromatic carbocycles. The number of hydrogen-bond acceptors (Lipinski definition) is 1. The van der Waals surface area contributed by atoms with Crippen molar-refractivity contribution in [3.05, 3.63) is 64.9 Å². The van der Waals surface area contributed by atoms with Crippen molar-refractivity contribution < 1.29 is 0 Å². The Bertz CT molecular complexity index is 720. The minimum absolute atomic E-state index is 0.404. The number of imidazole rings is 1. The fraction of sp³-hybridized carbons (Fsp3) is 0.188. The highest BCUT2D eigenvalue weighted by Gasteiger charge is 2.10. The average molecular weight is 305 g/mol. The summed E-state index contributed by atoms with van der Waals surface area (Å²) in [6, 6.07) is 16.1. The van der Waals surface area contributed by atoms with E-state index in [1.165, 1.54) is 5.56 Å². The lowest BCUT2D eigenvalue weighted by Crippen LogP contribution is -2.05. The van der Waals surface area contributed by atoms with Crippen molar-refractivity contribution in [2.75, 3.05) is 0 Å². The van der Waals surface area contributed by atoms with Gasteiger partial charge in [0.1, 0.15) is 5.82 Å². The van der Waals surface area contributed by atoms with Crippen molar-refractivity contribution in [3.8, 4) is 0 Å². The lowest BCUT2D eigenvalue weighted by Gasteiger charge is -2.08. The SMILES string of the molecule is ClCc1nc2ccc(Cl)cc2n1CCc1ccccc1. The number of aryl methyl sites for hydroxylation is 2. The average Bonchev–Trinajstić information content (AvgIpc) is 2.83. The molecule has 3 rings (SSSR count). The molecular formula is C16H14Cl2N2. The number of nitrogens with zero attached hydrogens (tertiary/aromatic N) is 2. The smallest absolute Gasteiger partial charge is 0.124 e. The maximum Gasteiger partial charge on any atom is 0.124 e. The van der Waals surface area contributed by atoms with Crippen LogP contribution in [0.3, 0.4) is 0 Å². The number of fused-ring (bicyclic) bond motifs is 1. The Kier molecular flexibility index (Phi) is 3.95. The Morgan fingerprint density at radius 1 is 1.05 bits per heavy atom. The van der Waals surface area contributed by atoms with E-state index in [1.807, 2.05) is 24.3 Å². The molecule has 0 fully saturated rings. The predicted octanol–water partition coefficient (Wildman–Crippen LogP) is 4.67. The topological polar surface area (TPSA) is 17.8 Å². The van der Waals surface area contributed by atoms with Gasteiger partial charge in [0.2, 0.25) is 0 Å². The maximum absolute atomic E-state index is 6.09. The van der Waals surface area contributed by atoms with Crippen LogP contribution >= 0.6 is 23.2 Å². The molecule has 3 aromatic rings. The van der Waals surface area contributed by atoms with Crippen molar-refractivity contribution >= 4 is 34.2 Å². The molecule has 0 bridgehead atoms. The van der Waals surface area contributed by atoms with Gasteiger partial charge < -0.3 is 4.57 Å². The number of aromatic nitrogens is 2. The normalized spacial score (nSPS) is 11.1. The summed E-state index contributed by atoms with van der Waals surface area (Å²) < 4.78 is 2.15. The van der Waals surface area contributed by atoms with Gasteiger partial charge in [-0.15, -0.1) is 11.6 Å². The van der Waals surface area contributed by atoms with Crippen LogP contribution in [0.4, 0.5) is 0 Å². The Morgan fingerprint density at radius 2 is 1.85 bits per heavy atom. The lowest BCUT2D eigenvalue weighted by molar-refractivity contribution is 0.688. The number of benzene rings is 2. The molecule has 20 heavy (non-hydrogen) atoms. The molecular weight excluding hydrogens is 291 g/mol. The third kappa shape index (κ3) is 2.67. The second-order valence-corrected chi connectivity index (χ2v) is 5.39. The van der Waals surface area contributed by atoms with Gasteiger partial charge in [-0.25, -0.2) is 4.98 Å². The lowest BCUT2D eigenvalue weighted by atomic mass is 10.1. The second kappa shape index (κ2) is 5.86. The van der Waals surface area contributed by atoms with Crippen LogP contribution in [0.5, 0.6) is 0 Å². The molecule has 0 aliphatic rings. The van der Waals surface area contributed by atoms with E-state index >= 15 is 0 Å². The van der Waals surface area contributed by atoms with Crippen LogP contribution in [0.15, 0.2) is 48.5 Å². The van der Waals surface area contributed by atoms with Crippen LogP contribution in [0.1, 0.15) is 11.4 Å². The summed E-state index contributed by atoms with van der Waals surface area (Å²) >= 11 is 12.1. The largest absolute Gasteiger partial charge is 0.327 e. The zero-order valence-electron chi connectivity index (χ0n) is 10.9. The summed E-state index contributed by atoms with van der Waals surface area (Å²) in [6.45, 7) is 0.850. The number of hydrogen-bond donors (Lipinski definition) is 0. The van der Waals surface area contributed by atoms with E-state index in [4.69, 9.17) is 23.2 Å². The van der Waals surface area contributed by atoms with E-state index in [9.17, 15) is 0 Å². The van der Waals surface area contributed by atoms with Crippen molar-refractivity contribution in [2.24, 2.45) is 0 Å². The molecule has 102 valence electrons. The number of halogens is 2. The Morgan fingerprint density at radius 3 is 2.60 bits per heavy atom. The quantitative estimate of drug-likeness (QED) is 0.640. The zero-order valence-corrected chi connectivity index (χ0v) is 12.4. The molecule has 0 spiro atoms. The van der Waals surface area contributed by atoms with Crippen LogP contribution < -0.4 is 0 Å². The van der Waals surface area contributed by atoms with Crippen LogP contribution in [0.2, 0.25) is 5.02 Å². The molecule has 2 nitrogen and oxygen atoms in total. The minimum atomic E-state index is 0.404. The first kappa shape index (κ1) is 13.5. The third-order valence-electron chi connectivity index (χ3n) is 3.38. The zero-order chi connectivity index (χ0) is 13.9. The van der Waals surface area contributed by atoms with Gasteiger partial charge in [-0.2, -0.15) is 0 Å². The summed E-state index contributed by atoms with van der Waals surface area (Å²) in [5, 5.41) is 0.722. The van der Waals surface area contributed by atoms with E-state index in [0.717, 1.165) is 34.8 Å². The van der Waals surface area contributed by atoms with E-state index < -0.39 is 0 Å². The summed E-state index contributed by atoms with van der Waals surface area (Å²) in [4.78, 5) is 4.56. The first-order valence-corrected chi connectivity index (χ1v) is 7.44. The molecule has 0 saturated heterocycles. The van der Waals surface area contributed by atoms with Crippen LogP contribution in [-0.2, 0) is 18.8 Å². The predicted molar refractivity (Wildman–Crippen MR) is 84.4 cm³/mol. The van der Waals surface area contributed by atoms with Gasteiger partial charge >= 0.3 is 0 Å². The molecule has 0 amide bonds. The summed E-state index contributed by atoms with van der Waals surface area (Å²) in [5.74, 6) is 1.29. The third-order valence-corrected chi connectivity index (χ3v) is 3.85. The van der Waals surface area contributed by atoms with Crippen LogP contribution in [-0.4, -0.2) is 9.55 Å². The van der Waals surface area contributed by atoms with Crippen LogP contribution in [0, 0.1) is 0 Å². The summed E-state index contributed by atoms with van der Waals surface area (Å²) in [7, 11) is 0. The van der Waals surface area contributed by atoms with Gasteiger partial charge in [-0.05, 0) is 30.2 Å². The van der Waals surface area contributed by atoms with E-state index in [1.54, 1.807) is 0 Å². The van der Waals surface area contributed by atoms with E-state index in [0.29, 0.717) is 5.88 Å². The minimum Gasteiger partial charge on any atom is -0.327 e. The standard InChI is InChI=1S/C16H14Cl2N2/c17-11-16-19-14-7-6-13(18)10-15(14)20(16)9-8-12-4-2-1-3-5-12/h1-7,10H,8-9,11H2. The van der Waals surface area contributed by atoms with Crippen molar-refractivity contribution in [1.82, 2.24) is 9.55 Å². The molecule has 4 heteroatoms. The molecule has 1 heterocycles. The Hall–Kier alpha value is -1.51. The molecule has 0 atom stereocenters. The number of alkyl halides is 1. The number of rotatable bonds is 4. The first-order valence-electron chi connectivity index (χ1n) is 6.52. The Balaban J connectivity index is 1.95. The maximum atomic E-state index is 6.09. The highest BCUT2D eigenvalue weighted by atomic mass is 35.5. The molecule has 1 aromatic heterocycles. The van der Waals surface area contributed by atoms with Gasteiger partial charge in [0.25, 0.3) is 0 Å². The van der Waals surface area contributed by atoms with Crippen molar-refractivity contribution in [2.45, 2.75) is 18.8 Å². The molecule has 0 saturated carbocycles. The second-order valence-electron chi connectivity index (χ2n) is 4.68. The van der Waals surface area contributed by atoms with Crippen molar-refractivity contribution in [3.63, 3.8) is 0 Å². The van der Waals surface area contributed by atoms with E-state index in [-0.39, 0.29) is 0 Å². The van der Waals surface area contributed by atoms with Gasteiger partial charge in [0.15, 0.2) is 0 Å². The van der Waals surface area contributed by atoms with Gasteiger partial charge in [-0.1, -0.05) is 41.9 Å². The Labute approximate surface area is 128 Å². The van der Waals surface area contributed by atoms with E-state index in [2.05, 4.69) is 33.8 Å². The molecule has 0 aliphatic carbocycles. The fourth-order valence-electron chi connectivity index (χ4n) is 2.38. The highest BCUT2D eigenvalue weighted by molar-refractivity contribution is 6.31. The molecule has 0 N–H and O–H groups in total. The first-order chi connectivity index (χ1) is 9.78. The fourth-order valence-corrected chi connectivity index (χ4v) is 2.75. The van der Waals surface area contributed by atoms with Gasteiger partial charge in [0, 0.05) is 11.6 Å². The molecule has 0 radical (unpaired) electrons. The molecule has 0 aliphatic heterocycles. The summed E-state index contributed by atoms with van der Waals surface area (Å²) in [6.07, 6.45) is 0.947.